The van der Waals surface area contributed by atoms with Crippen molar-refractivity contribution in [1.29, 1.82) is 0 Å². The van der Waals surface area contributed by atoms with Crippen LogP contribution < -0.4 is 10.6 Å². The molecule has 0 bridgehead atoms. The molecule has 0 aliphatic carbocycles. The van der Waals surface area contributed by atoms with Gasteiger partial charge in [0.1, 0.15) is 5.75 Å². The van der Waals surface area contributed by atoms with E-state index in [1.807, 2.05) is 7.05 Å². The van der Waals surface area contributed by atoms with Gasteiger partial charge in [-0.25, -0.2) is 0 Å². The molecule has 18 heavy (non-hydrogen) atoms. The van der Waals surface area contributed by atoms with Gasteiger partial charge in [0.15, 0.2) is 0 Å². The minimum atomic E-state index is -0.351. The molecule has 0 aliphatic rings. The fraction of sp³-hybridized carbons (Fsp3) is 0.364. The first-order chi connectivity index (χ1) is 8.69. The second kappa shape index (κ2) is 7.16. The molecule has 1 rings (SSSR count). The number of amides is 1. The summed E-state index contributed by atoms with van der Waals surface area (Å²) in [5.41, 5.74) is 8.68. The number of phenols is 1. The van der Waals surface area contributed by atoms with Crippen molar-refractivity contribution in [3.8, 4) is 5.75 Å². The van der Waals surface area contributed by atoms with Crippen molar-refractivity contribution >= 4 is 11.6 Å². The first-order valence-corrected chi connectivity index (χ1v) is 5.50. The predicted molar refractivity (Wildman–Crippen MR) is 67.8 cm³/mol. The number of carbonyl (C=O) groups is 1. The third-order valence-corrected chi connectivity index (χ3v) is 2.28. The Hall–Kier alpha value is -2.24. The van der Waals surface area contributed by atoms with Crippen LogP contribution in [0.4, 0.5) is 5.69 Å². The zero-order valence-corrected chi connectivity index (χ0v) is 10.1. The Labute approximate surface area is 104 Å². The van der Waals surface area contributed by atoms with Crippen molar-refractivity contribution in [1.82, 2.24) is 10.6 Å². The van der Waals surface area contributed by atoms with Crippen LogP contribution in [0.5, 0.6) is 5.75 Å². The Balaban J connectivity index is 2.65. The minimum Gasteiger partial charge on any atom is -0.507 e. The third-order valence-electron chi connectivity index (χ3n) is 2.28. The Morgan fingerprint density at radius 1 is 1.50 bits per heavy atom. The largest absolute Gasteiger partial charge is 0.507 e. The number of hydrogen-bond acceptors (Lipinski definition) is 4. The van der Waals surface area contributed by atoms with Crippen LogP contribution in [0.3, 0.4) is 0 Å². The highest BCUT2D eigenvalue weighted by atomic mass is 16.3. The minimum absolute atomic E-state index is 0.163. The van der Waals surface area contributed by atoms with E-state index >= 15 is 0 Å². The van der Waals surface area contributed by atoms with Crippen molar-refractivity contribution in [2.24, 2.45) is 5.11 Å². The molecule has 0 spiro atoms. The number of rotatable bonds is 6. The molecule has 0 radical (unpaired) electrons. The lowest BCUT2D eigenvalue weighted by Crippen LogP contribution is -2.26. The van der Waals surface area contributed by atoms with Crippen molar-refractivity contribution < 1.29 is 9.90 Å². The zero-order chi connectivity index (χ0) is 13.4. The molecule has 0 saturated carbocycles. The summed E-state index contributed by atoms with van der Waals surface area (Å²) in [6, 6.07) is 4.15. The van der Waals surface area contributed by atoms with Crippen molar-refractivity contribution in [2.75, 3.05) is 20.1 Å². The average Bonchev–Trinajstić information content (AvgIpc) is 2.35. The Bertz CT molecular complexity index is 469. The number of phenolic OH excluding ortho intramolecular Hbond substituents is 1. The summed E-state index contributed by atoms with van der Waals surface area (Å²) in [5, 5.41) is 18.6. The summed E-state index contributed by atoms with van der Waals surface area (Å²) in [4.78, 5) is 14.3. The number of aromatic hydroxyl groups is 1. The van der Waals surface area contributed by atoms with Gasteiger partial charge in [-0.1, -0.05) is 11.2 Å². The molecule has 1 aromatic carbocycles. The lowest BCUT2D eigenvalue weighted by atomic mass is 10.1. The van der Waals surface area contributed by atoms with E-state index < -0.39 is 0 Å². The fourth-order valence-corrected chi connectivity index (χ4v) is 1.39. The molecule has 0 aliphatic heterocycles. The van der Waals surface area contributed by atoms with Crippen molar-refractivity contribution in [2.45, 2.75) is 6.42 Å². The number of azide groups is 1. The van der Waals surface area contributed by atoms with Gasteiger partial charge in [-0.15, -0.1) is 0 Å². The van der Waals surface area contributed by atoms with Gasteiger partial charge in [0.25, 0.3) is 5.91 Å². The normalized spacial score (nSPS) is 9.61. The maximum absolute atomic E-state index is 11.7. The second-order valence-electron chi connectivity index (χ2n) is 3.60. The molecule has 7 nitrogen and oxygen atoms in total. The van der Waals surface area contributed by atoms with Gasteiger partial charge < -0.3 is 15.7 Å². The molecular formula is C11H15N5O2. The molecule has 0 unspecified atom stereocenters. The van der Waals surface area contributed by atoms with E-state index in [2.05, 4.69) is 20.7 Å². The van der Waals surface area contributed by atoms with Gasteiger partial charge in [-0.3, -0.25) is 4.79 Å². The number of hydrogen-bond donors (Lipinski definition) is 3. The van der Waals surface area contributed by atoms with Crippen LogP contribution in [0.15, 0.2) is 23.3 Å². The van der Waals surface area contributed by atoms with Crippen LogP contribution in [-0.4, -0.2) is 31.2 Å². The van der Waals surface area contributed by atoms with Crippen molar-refractivity contribution in [3.63, 3.8) is 0 Å². The smallest absolute Gasteiger partial charge is 0.255 e. The molecule has 0 aromatic heterocycles. The number of carbonyl (C=O) groups excluding carboxylic acids is 1. The molecule has 1 aromatic rings. The topological polar surface area (TPSA) is 110 Å². The maximum Gasteiger partial charge on any atom is 0.255 e. The zero-order valence-electron chi connectivity index (χ0n) is 10.1. The van der Waals surface area contributed by atoms with E-state index in [1.54, 1.807) is 0 Å². The molecule has 96 valence electrons. The Kier molecular flexibility index (Phi) is 5.50. The SMILES string of the molecule is CNCCCNC(=O)c1ccc(N=[N+]=[N-])cc1O. The second-order valence-corrected chi connectivity index (χ2v) is 3.60. The van der Waals surface area contributed by atoms with Crippen LogP contribution in [0.25, 0.3) is 10.4 Å². The Morgan fingerprint density at radius 2 is 2.28 bits per heavy atom. The first kappa shape index (κ1) is 13.8. The lowest BCUT2D eigenvalue weighted by molar-refractivity contribution is 0.0950. The van der Waals surface area contributed by atoms with Gasteiger partial charge in [0.05, 0.1) is 5.56 Å². The number of benzene rings is 1. The molecule has 3 N–H and O–H groups in total. The predicted octanol–water partition coefficient (Wildman–Crippen LogP) is 1.67. The van der Waals surface area contributed by atoms with Crippen LogP contribution in [0, 0.1) is 0 Å². The summed E-state index contributed by atoms with van der Waals surface area (Å²) in [6.07, 6.45) is 0.805. The standard InChI is InChI=1S/C11H15N5O2/c1-13-5-2-6-14-11(18)9-4-3-8(15-16-12)7-10(9)17/h3-4,7,13,17H,2,5-6H2,1H3,(H,14,18). The van der Waals surface area contributed by atoms with Crippen LogP contribution in [0.2, 0.25) is 0 Å². The highest BCUT2D eigenvalue weighted by Crippen LogP contribution is 2.23. The molecule has 0 atom stereocenters. The van der Waals surface area contributed by atoms with Crippen LogP contribution in [-0.2, 0) is 0 Å². The molecule has 1 amide bonds. The van der Waals surface area contributed by atoms with Gasteiger partial charge in [0.2, 0.25) is 0 Å². The van der Waals surface area contributed by atoms with Crippen LogP contribution in [0.1, 0.15) is 16.8 Å². The number of nitrogens with zero attached hydrogens (tertiary/aromatic N) is 3. The molecule has 0 heterocycles. The monoisotopic (exact) mass is 249 g/mol. The third kappa shape index (κ3) is 3.97. The average molecular weight is 249 g/mol. The maximum atomic E-state index is 11.7. The van der Waals surface area contributed by atoms with Gasteiger partial charge in [-0.2, -0.15) is 0 Å². The van der Waals surface area contributed by atoms with E-state index in [0.29, 0.717) is 6.54 Å². The highest BCUT2D eigenvalue weighted by Gasteiger charge is 2.10. The number of nitrogens with one attached hydrogen (secondary N) is 2. The summed E-state index contributed by atoms with van der Waals surface area (Å²) < 4.78 is 0. The Morgan fingerprint density at radius 3 is 2.89 bits per heavy atom. The van der Waals surface area contributed by atoms with Gasteiger partial charge >= 0.3 is 0 Å². The van der Waals surface area contributed by atoms with Gasteiger partial charge in [-0.05, 0) is 37.7 Å². The lowest BCUT2D eigenvalue weighted by Gasteiger charge is -2.07. The van der Waals surface area contributed by atoms with E-state index in [0.717, 1.165) is 13.0 Å². The van der Waals surface area contributed by atoms with Crippen molar-refractivity contribution in [3.05, 3.63) is 34.2 Å². The molecule has 0 saturated heterocycles. The van der Waals surface area contributed by atoms with Crippen LogP contribution >= 0.6 is 0 Å². The quantitative estimate of drug-likeness (QED) is 0.308. The fourth-order valence-electron chi connectivity index (χ4n) is 1.39. The van der Waals surface area contributed by atoms with E-state index in [4.69, 9.17) is 5.53 Å². The first-order valence-electron chi connectivity index (χ1n) is 5.50. The van der Waals surface area contributed by atoms with E-state index in [1.165, 1.54) is 18.2 Å². The molecule has 7 heteroatoms. The van der Waals surface area contributed by atoms with E-state index in [-0.39, 0.29) is 22.9 Å². The molecule has 0 fully saturated rings. The summed E-state index contributed by atoms with van der Waals surface area (Å²) in [5.74, 6) is -0.554. The highest BCUT2D eigenvalue weighted by molar-refractivity contribution is 5.97. The summed E-state index contributed by atoms with van der Waals surface area (Å²) in [6.45, 7) is 1.33. The molecular weight excluding hydrogens is 234 g/mol. The van der Waals surface area contributed by atoms with Gasteiger partial charge in [0, 0.05) is 17.1 Å². The summed E-state index contributed by atoms with van der Waals surface area (Å²) in [7, 11) is 1.84. The van der Waals surface area contributed by atoms with E-state index in [9.17, 15) is 9.90 Å². The summed E-state index contributed by atoms with van der Waals surface area (Å²) >= 11 is 0.